The molecule has 0 spiro atoms. The minimum atomic E-state index is -0.362. The van der Waals surface area contributed by atoms with Gasteiger partial charge >= 0.3 is 0 Å². The molecular formula is C16H15BrN2O2. The molecule has 0 bridgehead atoms. The van der Waals surface area contributed by atoms with Gasteiger partial charge in [-0.2, -0.15) is 0 Å². The van der Waals surface area contributed by atoms with Crippen molar-refractivity contribution in [2.24, 2.45) is 0 Å². The highest BCUT2D eigenvalue weighted by Crippen LogP contribution is 2.38. The normalized spacial score (nSPS) is 16.6. The number of hydrogen-bond acceptors (Lipinski definition) is 3. The van der Waals surface area contributed by atoms with Crippen molar-refractivity contribution in [1.82, 2.24) is 0 Å². The van der Waals surface area contributed by atoms with E-state index in [4.69, 9.17) is 0 Å². The summed E-state index contributed by atoms with van der Waals surface area (Å²) in [5.74, 6) is 0. The smallest absolute Gasteiger partial charge is 0.269 e. The fourth-order valence-corrected chi connectivity index (χ4v) is 3.45. The summed E-state index contributed by atoms with van der Waals surface area (Å²) in [5, 5.41) is 14.3. The highest BCUT2D eigenvalue weighted by Gasteiger charge is 2.24. The van der Waals surface area contributed by atoms with Gasteiger partial charge in [0.25, 0.3) is 5.69 Å². The van der Waals surface area contributed by atoms with Crippen LogP contribution < -0.4 is 5.32 Å². The maximum Gasteiger partial charge on any atom is 0.269 e. The molecule has 2 aromatic rings. The van der Waals surface area contributed by atoms with Gasteiger partial charge in [0.1, 0.15) is 0 Å². The van der Waals surface area contributed by atoms with Crippen LogP contribution >= 0.6 is 15.9 Å². The van der Waals surface area contributed by atoms with Gasteiger partial charge in [0.2, 0.25) is 0 Å². The Morgan fingerprint density at radius 1 is 1.33 bits per heavy atom. The van der Waals surface area contributed by atoms with Crippen molar-refractivity contribution in [1.29, 1.82) is 0 Å². The molecule has 1 unspecified atom stereocenters. The molecule has 0 aromatic heterocycles. The van der Waals surface area contributed by atoms with Crippen molar-refractivity contribution in [3.8, 4) is 0 Å². The van der Waals surface area contributed by atoms with E-state index in [1.54, 1.807) is 18.2 Å². The first-order chi connectivity index (χ1) is 10.1. The van der Waals surface area contributed by atoms with E-state index < -0.39 is 0 Å². The average molecular weight is 347 g/mol. The molecule has 1 atom stereocenters. The van der Waals surface area contributed by atoms with Gasteiger partial charge in [-0.05, 0) is 48.6 Å². The predicted molar refractivity (Wildman–Crippen MR) is 86.7 cm³/mol. The monoisotopic (exact) mass is 346 g/mol. The number of nitro benzene ring substituents is 1. The molecule has 5 heteroatoms. The molecular weight excluding hydrogens is 332 g/mol. The van der Waals surface area contributed by atoms with Crippen LogP contribution in [0.2, 0.25) is 0 Å². The molecule has 0 saturated carbocycles. The van der Waals surface area contributed by atoms with Gasteiger partial charge in [0.15, 0.2) is 0 Å². The van der Waals surface area contributed by atoms with E-state index in [1.165, 1.54) is 11.1 Å². The van der Waals surface area contributed by atoms with E-state index in [0.29, 0.717) is 0 Å². The molecule has 108 valence electrons. The molecule has 3 rings (SSSR count). The first-order valence-corrected chi connectivity index (χ1v) is 7.64. The number of fused-ring (bicyclic) bond motifs is 1. The minimum Gasteiger partial charge on any atom is -0.378 e. The van der Waals surface area contributed by atoms with Gasteiger partial charge in [0, 0.05) is 22.3 Å². The molecule has 21 heavy (non-hydrogen) atoms. The summed E-state index contributed by atoms with van der Waals surface area (Å²) in [4.78, 5) is 10.4. The van der Waals surface area contributed by atoms with Crippen LogP contribution in [0.15, 0.2) is 40.9 Å². The van der Waals surface area contributed by atoms with Crippen molar-refractivity contribution in [2.45, 2.75) is 25.8 Å². The summed E-state index contributed by atoms with van der Waals surface area (Å²) in [6.45, 7) is 1.89. The highest BCUT2D eigenvalue weighted by atomic mass is 79.9. The molecule has 1 aliphatic rings. The second-order valence-corrected chi connectivity index (χ2v) is 6.15. The maximum atomic E-state index is 10.8. The number of rotatable bonds is 3. The number of benzene rings is 2. The third kappa shape index (κ3) is 2.65. The second kappa shape index (κ2) is 5.48. The quantitative estimate of drug-likeness (QED) is 0.643. The molecule has 0 fully saturated rings. The number of nitrogens with one attached hydrogen (secondary N) is 1. The lowest BCUT2D eigenvalue weighted by Gasteiger charge is -2.17. The summed E-state index contributed by atoms with van der Waals surface area (Å²) in [6.07, 6.45) is 2.08. The van der Waals surface area contributed by atoms with Crippen LogP contribution in [0, 0.1) is 17.0 Å². The van der Waals surface area contributed by atoms with Gasteiger partial charge in [0.05, 0.1) is 11.0 Å². The van der Waals surface area contributed by atoms with Gasteiger partial charge < -0.3 is 5.32 Å². The number of hydrogen-bond donors (Lipinski definition) is 1. The van der Waals surface area contributed by atoms with Gasteiger partial charge in [-0.25, -0.2) is 0 Å². The Bertz CT molecular complexity index is 715. The third-order valence-corrected chi connectivity index (χ3v) is 4.71. The molecule has 0 amide bonds. The van der Waals surface area contributed by atoms with E-state index in [-0.39, 0.29) is 16.7 Å². The summed E-state index contributed by atoms with van der Waals surface area (Å²) in [6, 6.07) is 11.5. The summed E-state index contributed by atoms with van der Waals surface area (Å²) in [5.41, 5.74) is 4.65. The molecule has 0 aliphatic heterocycles. The molecule has 1 aliphatic carbocycles. The van der Waals surface area contributed by atoms with Gasteiger partial charge in [-0.1, -0.05) is 28.1 Å². The zero-order valence-corrected chi connectivity index (χ0v) is 13.2. The molecule has 4 nitrogen and oxygen atoms in total. The van der Waals surface area contributed by atoms with E-state index in [2.05, 4.69) is 33.4 Å². The first kappa shape index (κ1) is 14.1. The van der Waals surface area contributed by atoms with Crippen LogP contribution in [0.25, 0.3) is 0 Å². The Kier molecular flexibility index (Phi) is 3.68. The molecule has 1 N–H and O–H groups in total. The SMILES string of the molecule is Cc1cc([N+](=O)[O-])ccc1NC1CCc2c(Br)cccc21. The molecule has 0 heterocycles. The Morgan fingerprint density at radius 3 is 2.86 bits per heavy atom. The lowest BCUT2D eigenvalue weighted by atomic mass is 10.1. The van der Waals surface area contributed by atoms with E-state index in [0.717, 1.165) is 28.6 Å². The molecule has 0 saturated heterocycles. The summed E-state index contributed by atoms with van der Waals surface area (Å²) < 4.78 is 1.16. The van der Waals surface area contributed by atoms with Crippen LogP contribution in [0.5, 0.6) is 0 Å². The van der Waals surface area contributed by atoms with Crippen molar-refractivity contribution >= 4 is 27.3 Å². The highest BCUT2D eigenvalue weighted by molar-refractivity contribution is 9.10. The number of halogens is 1. The first-order valence-electron chi connectivity index (χ1n) is 6.85. The van der Waals surface area contributed by atoms with E-state index >= 15 is 0 Å². The van der Waals surface area contributed by atoms with Crippen molar-refractivity contribution in [3.05, 3.63) is 67.7 Å². The van der Waals surface area contributed by atoms with Crippen LogP contribution in [0.4, 0.5) is 11.4 Å². The fraction of sp³-hybridized carbons (Fsp3) is 0.250. The van der Waals surface area contributed by atoms with Crippen molar-refractivity contribution in [2.75, 3.05) is 5.32 Å². The Hall–Kier alpha value is -1.88. The zero-order valence-electron chi connectivity index (χ0n) is 11.6. The minimum absolute atomic E-state index is 0.132. The van der Waals surface area contributed by atoms with Crippen LogP contribution in [0.3, 0.4) is 0 Å². The van der Waals surface area contributed by atoms with E-state index in [9.17, 15) is 10.1 Å². The Morgan fingerprint density at radius 2 is 2.14 bits per heavy atom. The number of anilines is 1. The lowest BCUT2D eigenvalue weighted by molar-refractivity contribution is -0.384. The average Bonchev–Trinajstić information content (AvgIpc) is 2.85. The fourth-order valence-electron chi connectivity index (χ4n) is 2.87. The summed E-state index contributed by atoms with van der Waals surface area (Å²) in [7, 11) is 0. The number of nitro groups is 1. The third-order valence-electron chi connectivity index (χ3n) is 3.96. The van der Waals surface area contributed by atoms with Gasteiger partial charge in [-0.3, -0.25) is 10.1 Å². The second-order valence-electron chi connectivity index (χ2n) is 5.30. The molecule has 2 aromatic carbocycles. The predicted octanol–water partition coefficient (Wildman–Crippen LogP) is 4.77. The van der Waals surface area contributed by atoms with Crippen LogP contribution in [0.1, 0.15) is 29.2 Å². The number of non-ortho nitro benzene ring substituents is 1. The van der Waals surface area contributed by atoms with Crippen LogP contribution in [-0.2, 0) is 6.42 Å². The lowest BCUT2D eigenvalue weighted by Crippen LogP contribution is -2.08. The van der Waals surface area contributed by atoms with Crippen molar-refractivity contribution in [3.63, 3.8) is 0 Å². The Balaban J connectivity index is 1.86. The van der Waals surface area contributed by atoms with Crippen LogP contribution in [-0.4, -0.2) is 4.92 Å². The molecule has 0 radical (unpaired) electrons. The number of aryl methyl sites for hydroxylation is 1. The topological polar surface area (TPSA) is 55.2 Å². The Labute approximate surface area is 131 Å². The summed E-state index contributed by atoms with van der Waals surface area (Å²) >= 11 is 3.60. The zero-order chi connectivity index (χ0) is 15.0. The number of nitrogens with zero attached hydrogens (tertiary/aromatic N) is 1. The van der Waals surface area contributed by atoms with E-state index in [1.807, 2.05) is 13.0 Å². The standard InChI is InChI=1S/C16H15BrN2O2/c1-10-9-11(19(20)21)5-7-15(10)18-16-8-6-12-13(16)3-2-4-14(12)17/h2-5,7,9,16,18H,6,8H2,1H3. The maximum absolute atomic E-state index is 10.8. The van der Waals surface area contributed by atoms with Gasteiger partial charge in [-0.15, -0.1) is 0 Å². The van der Waals surface area contributed by atoms with Crippen molar-refractivity contribution < 1.29 is 4.92 Å². The largest absolute Gasteiger partial charge is 0.378 e.